The summed E-state index contributed by atoms with van der Waals surface area (Å²) >= 11 is 1.49. The van der Waals surface area contributed by atoms with Crippen LogP contribution in [0.4, 0.5) is 4.39 Å². The van der Waals surface area contributed by atoms with E-state index in [4.69, 9.17) is 5.26 Å². The predicted molar refractivity (Wildman–Crippen MR) is 61.6 cm³/mol. The van der Waals surface area contributed by atoms with Gasteiger partial charge in [-0.3, -0.25) is 0 Å². The Morgan fingerprint density at radius 1 is 1.38 bits per heavy atom. The van der Waals surface area contributed by atoms with E-state index >= 15 is 0 Å². The Balaban J connectivity index is 2.40. The van der Waals surface area contributed by atoms with Gasteiger partial charge < -0.3 is 0 Å². The van der Waals surface area contributed by atoms with Crippen LogP contribution in [0.5, 0.6) is 0 Å². The van der Waals surface area contributed by atoms with Gasteiger partial charge in [-0.25, -0.2) is 9.37 Å². The summed E-state index contributed by atoms with van der Waals surface area (Å²) in [6.45, 7) is 1.90. The van der Waals surface area contributed by atoms with Gasteiger partial charge in [0, 0.05) is 0 Å². The van der Waals surface area contributed by atoms with Gasteiger partial charge in [-0.1, -0.05) is 12.1 Å². The van der Waals surface area contributed by atoms with Crippen molar-refractivity contribution in [3.05, 3.63) is 40.8 Å². The van der Waals surface area contributed by atoms with Gasteiger partial charge in [0.15, 0.2) is 0 Å². The quantitative estimate of drug-likeness (QED) is 0.796. The fourth-order valence-electron chi connectivity index (χ4n) is 1.46. The molecular weight excluding hydrogens is 223 g/mol. The molecule has 0 atom stereocenters. The fraction of sp³-hybridized carbons (Fsp3) is 0.167. The molecule has 0 amide bonds. The van der Waals surface area contributed by atoms with E-state index in [1.807, 2.05) is 6.92 Å². The Hall–Kier alpha value is -1.73. The van der Waals surface area contributed by atoms with Gasteiger partial charge in [-0.2, -0.15) is 5.26 Å². The zero-order valence-electron chi connectivity index (χ0n) is 8.70. The summed E-state index contributed by atoms with van der Waals surface area (Å²) in [5, 5.41) is 9.40. The van der Waals surface area contributed by atoms with Crippen LogP contribution < -0.4 is 0 Å². The minimum atomic E-state index is -0.247. The highest BCUT2D eigenvalue weighted by Gasteiger charge is 2.09. The summed E-state index contributed by atoms with van der Waals surface area (Å²) < 4.78 is 12.8. The van der Waals surface area contributed by atoms with Gasteiger partial charge >= 0.3 is 0 Å². The molecule has 1 aromatic heterocycles. The van der Waals surface area contributed by atoms with Gasteiger partial charge in [0.05, 0.1) is 23.1 Å². The lowest BCUT2D eigenvalue weighted by atomic mass is 10.1. The monoisotopic (exact) mass is 232 g/mol. The fourth-order valence-corrected chi connectivity index (χ4v) is 2.47. The highest BCUT2D eigenvalue weighted by molar-refractivity contribution is 7.15. The number of hydrogen-bond donors (Lipinski definition) is 0. The second-order valence-corrected chi connectivity index (χ2v) is 4.45. The molecule has 2 aromatic rings. The lowest BCUT2D eigenvalue weighted by Crippen LogP contribution is -1.80. The number of thiazole rings is 1. The number of hydrogen-bond acceptors (Lipinski definition) is 3. The van der Waals surface area contributed by atoms with Crippen molar-refractivity contribution in [2.75, 3.05) is 0 Å². The van der Waals surface area contributed by atoms with E-state index in [0.29, 0.717) is 6.42 Å². The van der Waals surface area contributed by atoms with E-state index in [9.17, 15) is 4.39 Å². The van der Waals surface area contributed by atoms with Crippen LogP contribution >= 0.6 is 11.3 Å². The summed E-state index contributed by atoms with van der Waals surface area (Å²) in [6, 6.07) is 8.39. The van der Waals surface area contributed by atoms with E-state index in [0.717, 1.165) is 21.1 Å². The zero-order valence-corrected chi connectivity index (χ0v) is 9.51. The first kappa shape index (κ1) is 10.8. The predicted octanol–water partition coefficient (Wildman–Crippen LogP) is 3.32. The minimum absolute atomic E-state index is 0.247. The molecule has 2 nitrogen and oxygen atoms in total. The molecule has 0 saturated heterocycles. The number of benzene rings is 1. The third-order valence-corrected chi connectivity index (χ3v) is 3.38. The van der Waals surface area contributed by atoms with Crippen molar-refractivity contribution >= 4 is 11.3 Å². The molecule has 1 heterocycles. The van der Waals surface area contributed by atoms with Crippen LogP contribution in [0.1, 0.15) is 10.7 Å². The highest BCUT2D eigenvalue weighted by atomic mass is 32.1. The summed E-state index contributed by atoms with van der Waals surface area (Å²) in [4.78, 5) is 5.31. The Labute approximate surface area is 97.0 Å². The second-order valence-electron chi connectivity index (χ2n) is 3.36. The lowest BCUT2D eigenvalue weighted by molar-refractivity contribution is 0.628. The van der Waals surface area contributed by atoms with E-state index in [1.54, 1.807) is 12.1 Å². The Kier molecular flexibility index (Phi) is 2.97. The molecular formula is C12H9FN2S. The minimum Gasteiger partial charge on any atom is -0.245 e. The first-order valence-electron chi connectivity index (χ1n) is 4.80. The van der Waals surface area contributed by atoms with Crippen molar-refractivity contribution in [1.29, 1.82) is 5.26 Å². The Bertz CT molecular complexity index is 537. The average molecular weight is 232 g/mol. The van der Waals surface area contributed by atoms with Crippen LogP contribution in [0.2, 0.25) is 0 Å². The summed E-state index contributed by atoms with van der Waals surface area (Å²) in [6.07, 6.45) is 0.326. The molecule has 0 bridgehead atoms. The van der Waals surface area contributed by atoms with Gasteiger partial charge in [0.25, 0.3) is 0 Å². The molecule has 0 radical (unpaired) electrons. The van der Waals surface area contributed by atoms with Crippen molar-refractivity contribution in [2.45, 2.75) is 13.3 Å². The van der Waals surface area contributed by atoms with Crippen molar-refractivity contribution in [2.24, 2.45) is 0 Å². The second kappa shape index (κ2) is 4.42. The van der Waals surface area contributed by atoms with E-state index in [2.05, 4.69) is 11.1 Å². The van der Waals surface area contributed by atoms with Crippen LogP contribution in [0, 0.1) is 24.1 Å². The summed E-state index contributed by atoms with van der Waals surface area (Å²) in [7, 11) is 0. The highest BCUT2D eigenvalue weighted by Crippen LogP contribution is 2.30. The van der Waals surface area contributed by atoms with Crippen molar-refractivity contribution < 1.29 is 4.39 Å². The molecule has 16 heavy (non-hydrogen) atoms. The van der Waals surface area contributed by atoms with E-state index in [1.165, 1.54) is 23.5 Å². The third-order valence-electron chi connectivity index (χ3n) is 2.18. The largest absolute Gasteiger partial charge is 0.245 e. The van der Waals surface area contributed by atoms with Crippen molar-refractivity contribution in [3.8, 4) is 16.5 Å². The maximum Gasteiger partial charge on any atom is 0.123 e. The van der Waals surface area contributed by atoms with Gasteiger partial charge in [0.1, 0.15) is 10.8 Å². The van der Waals surface area contributed by atoms with Gasteiger partial charge in [-0.15, -0.1) is 11.3 Å². The van der Waals surface area contributed by atoms with Crippen LogP contribution in [-0.2, 0) is 6.42 Å². The molecule has 0 unspecified atom stereocenters. The average Bonchev–Trinajstić information content (AvgIpc) is 2.61. The molecule has 0 spiro atoms. The molecule has 0 fully saturated rings. The maximum absolute atomic E-state index is 12.8. The van der Waals surface area contributed by atoms with E-state index in [-0.39, 0.29) is 5.82 Å². The molecule has 80 valence electrons. The molecule has 2 rings (SSSR count). The first-order chi connectivity index (χ1) is 7.70. The number of halogens is 1. The SMILES string of the molecule is Cc1nc(CC#N)sc1-c1ccc(F)cc1. The third kappa shape index (κ3) is 2.10. The number of nitrogens with zero attached hydrogens (tertiary/aromatic N) is 2. The summed E-state index contributed by atoms with van der Waals surface area (Å²) in [5.41, 5.74) is 1.84. The number of rotatable bonds is 2. The smallest absolute Gasteiger partial charge is 0.123 e. The number of aryl methyl sites for hydroxylation is 1. The normalized spacial score (nSPS) is 10.1. The van der Waals surface area contributed by atoms with Crippen molar-refractivity contribution in [3.63, 3.8) is 0 Å². The van der Waals surface area contributed by atoms with Gasteiger partial charge in [0.2, 0.25) is 0 Å². The molecule has 0 N–H and O–H groups in total. The van der Waals surface area contributed by atoms with Crippen LogP contribution in [0.15, 0.2) is 24.3 Å². The van der Waals surface area contributed by atoms with Crippen molar-refractivity contribution in [1.82, 2.24) is 4.98 Å². The Morgan fingerprint density at radius 2 is 2.06 bits per heavy atom. The maximum atomic E-state index is 12.8. The zero-order chi connectivity index (χ0) is 11.5. The summed E-state index contributed by atoms with van der Waals surface area (Å²) in [5.74, 6) is -0.247. The van der Waals surface area contributed by atoms with Crippen LogP contribution in [-0.4, -0.2) is 4.98 Å². The van der Waals surface area contributed by atoms with E-state index < -0.39 is 0 Å². The standard InChI is InChI=1S/C12H9FN2S/c1-8-12(16-11(15-8)6-7-14)9-2-4-10(13)5-3-9/h2-5H,6H2,1H3. The molecule has 0 saturated carbocycles. The van der Waals surface area contributed by atoms with Crippen LogP contribution in [0.25, 0.3) is 10.4 Å². The number of nitriles is 1. The number of aromatic nitrogens is 1. The molecule has 0 aliphatic carbocycles. The Morgan fingerprint density at radius 3 is 2.69 bits per heavy atom. The molecule has 4 heteroatoms. The van der Waals surface area contributed by atoms with Gasteiger partial charge in [-0.05, 0) is 24.6 Å². The molecule has 0 aliphatic heterocycles. The first-order valence-corrected chi connectivity index (χ1v) is 5.61. The molecule has 1 aromatic carbocycles. The molecule has 0 aliphatic rings. The topological polar surface area (TPSA) is 36.7 Å². The van der Waals surface area contributed by atoms with Crippen LogP contribution in [0.3, 0.4) is 0 Å². The lowest BCUT2D eigenvalue weighted by Gasteiger charge is -1.97.